The van der Waals surface area contributed by atoms with Gasteiger partial charge in [-0.3, -0.25) is 9.59 Å². The number of quaternary nitrogens is 1. The Morgan fingerprint density at radius 3 is 2.21 bits per heavy atom. The number of amides is 2. The molecule has 0 heterocycles. The van der Waals surface area contributed by atoms with E-state index < -0.39 is 10.0 Å². The fourth-order valence-electron chi connectivity index (χ4n) is 2.79. The third kappa shape index (κ3) is 7.21. The number of anilines is 1. The highest BCUT2D eigenvalue weighted by atomic mass is 32.2. The zero-order valence-corrected chi connectivity index (χ0v) is 18.2. The maximum absolute atomic E-state index is 12.6. The Morgan fingerprint density at radius 2 is 1.68 bits per heavy atom. The second-order valence-electron chi connectivity index (χ2n) is 6.84. The van der Waals surface area contributed by atoms with Gasteiger partial charge < -0.3 is 15.5 Å². The van der Waals surface area contributed by atoms with Crippen LogP contribution >= 0.6 is 0 Å². The molecule has 1 unspecified atom stereocenters. The smallest absolute Gasteiger partial charge is 0.279 e. The third-order valence-corrected chi connectivity index (χ3v) is 6.28. The number of carbonyl (C=O) groups excluding carboxylic acids is 2. The third-order valence-electron chi connectivity index (χ3n) is 4.23. The van der Waals surface area contributed by atoms with Gasteiger partial charge in [0.25, 0.3) is 11.8 Å². The highest BCUT2D eigenvalue weighted by Gasteiger charge is 2.22. The number of hydrogen-bond donors (Lipinski definition) is 3. The van der Waals surface area contributed by atoms with E-state index in [1.807, 2.05) is 20.8 Å². The maximum Gasteiger partial charge on any atom is 0.279 e. The molecule has 0 aliphatic heterocycles. The van der Waals surface area contributed by atoms with Crippen LogP contribution in [0.2, 0.25) is 0 Å². The maximum atomic E-state index is 12.6. The summed E-state index contributed by atoms with van der Waals surface area (Å²) in [5.41, 5.74) is 0.417. The molecular formula is C19H33N4O4S+. The second-order valence-corrected chi connectivity index (χ2v) is 8.78. The molecule has 1 rings (SSSR count). The average Bonchev–Trinajstić information content (AvgIpc) is 2.61. The van der Waals surface area contributed by atoms with E-state index in [0.29, 0.717) is 25.3 Å². The molecule has 0 bridgehead atoms. The van der Waals surface area contributed by atoms with Crippen LogP contribution in [-0.2, 0) is 19.6 Å². The molecule has 0 aromatic heterocycles. The quantitative estimate of drug-likeness (QED) is 0.479. The number of nitrogens with one attached hydrogen (secondary N) is 3. The van der Waals surface area contributed by atoms with Crippen molar-refractivity contribution in [2.75, 3.05) is 38.0 Å². The molecule has 1 aromatic carbocycles. The van der Waals surface area contributed by atoms with E-state index in [2.05, 4.69) is 10.6 Å². The van der Waals surface area contributed by atoms with E-state index in [1.54, 1.807) is 26.0 Å². The first kappa shape index (κ1) is 24.1. The van der Waals surface area contributed by atoms with Gasteiger partial charge in [0.1, 0.15) is 0 Å². The highest BCUT2D eigenvalue weighted by Crippen LogP contribution is 2.19. The van der Waals surface area contributed by atoms with Crippen LogP contribution in [0.5, 0.6) is 0 Å². The van der Waals surface area contributed by atoms with Crippen molar-refractivity contribution < 1.29 is 22.9 Å². The SMILES string of the molecule is CCN(CC)S(=O)(=O)c1cccc(NC(=O)C[NH+](CC)CC(=O)NC(C)C)c1. The molecule has 1 atom stereocenters. The standard InChI is InChI=1S/C19H32N4O4S/c1-6-22(13-18(24)20-15(4)5)14-19(25)21-16-10-9-11-17(12-16)28(26,27)23(7-2)8-3/h9-12,15H,6-8,13-14H2,1-5H3,(H,20,24)(H,21,25)/p+1. The van der Waals surface area contributed by atoms with Gasteiger partial charge in [0.2, 0.25) is 10.0 Å². The Hall–Kier alpha value is -1.97. The summed E-state index contributed by atoms with van der Waals surface area (Å²) in [5, 5.41) is 5.55. The van der Waals surface area contributed by atoms with Crippen molar-refractivity contribution in [3.05, 3.63) is 24.3 Å². The summed E-state index contributed by atoms with van der Waals surface area (Å²) in [6.07, 6.45) is 0. The molecule has 0 spiro atoms. The fraction of sp³-hybridized carbons (Fsp3) is 0.579. The van der Waals surface area contributed by atoms with Crippen molar-refractivity contribution in [2.24, 2.45) is 0 Å². The zero-order chi connectivity index (χ0) is 21.3. The summed E-state index contributed by atoms with van der Waals surface area (Å²) >= 11 is 0. The first-order valence-corrected chi connectivity index (χ1v) is 11.1. The minimum absolute atomic E-state index is 0.0509. The monoisotopic (exact) mass is 413 g/mol. The van der Waals surface area contributed by atoms with Crippen molar-refractivity contribution in [1.82, 2.24) is 9.62 Å². The molecule has 3 N–H and O–H groups in total. The Morgan fingerprint density at radius 1 is 1.07 bits per heavy atom. The van der Waals surface area contributed by atoms with Gasteiger partial charge in [-0.05, 0) is 39.0 Å². The second kappa shape index (κ2) is 11.1. The molecule has 1 aromatic rings. The van der Waals surface area contributed by atoms with Crippen molar-refractivity contribution in [3.63, 3.8) is 0 Å². The van der Waals surface area contributed by atoms with Gasteiger partial charge in [-0.25, -0.2) is 8.42 Å². The molecule has 9 heteroatoms. The van der Waals surface area contributed by atoms with E-state index >= 15 is 0 Å². The van der Waals surface area contributed by atoms with Crippen LogP contribution in [0.4, 0.5) is 5.69 Å². The lowest BCUT2D eigenvalue weighted by Crippen LogP contribution is -3.14. The molecule has 0 saturated heterocycles. The summed E-state index contributed by atoms with van der Waals surface area (Å²) in [6, 6.07) is 6.28. The van der Waals surface area contributed by atoms with Gasteiger partial charge in [0.05, 0.1) is 11.4 Å². The number of carbonyl (C=O) groups is 2. The van der Waals surface area contributed by atoms with E-state index in [-0.39, 0.29) is 35.8 Å². The number of hydrogen-bond acceptors (Lipinski definition) is 4. The number of likely N-dealkylation sites (N-methyl/N-ethyl adjacent to an activating group) is 1. The van der Waals surface area contributed by atoms with E-state index in [1.165, 1.54) is 16.4 Å². The van der Waals surface area contributed by atoms with Crippen molar-refractivity contribution >= 4 is 27.5 Å². The van der Waals surface area contributed by atoms with Gasteiger partial charge in [-0.15, -0.1) is 0 Å². The van der Waals surface area contributed by atoms with Crippen molar-refractivity contribution in [1.29, 1.82) is 0 Å². The van der Waals surface area contributed by atoms with Crippen LogP contribution in [0.3, 0.4) is 0 Å². The normalized spacial score (nSPS) is 12.8. The molecule has 158 valence electrons. The molecular weight excluding hydrogens is 380 g/mol. The topological polar surface area (TPSA) is 100 Å². The largest absolute Gasteiger partial charge is 0.349 e. The van der Waals surface area contributed by atoms with Gasteiger partial charge in [-0.1, -0.05) is 19.9 Å². The lowest BCUT2D eigenvalue weighted by atomic mass is 10.3. The highest BCUT2D eigenvalue weighted by molar-refractivity contribution is 7.89. The zero-order valence-electron chi connectivity index (χ0n) is 17.4. The molecule has 2 amide bonds. The molecule has 0 fully saturated rings. The van der Waals surface area contributed by atoms with Crippen molar-refractivity contribution in [3.8, 4) is 0 Å². The van der Waals surface area contributed by atoms with Crippen LogP contribution in [0.1, 0.15) is 34.6 Å². The number of sulfonamides is 1. The molecule has 0 aliphatic rings. The van der Waals surface area contributed by atoms with Gasteiger partial charge >= 0.3 is 0 Å². The minimum Gasteiger partial charge on any atom is -0.349 e. The fourth-order valence-corrected chi connectivity index (χ4v) is 4.30. The molecule has 0 saturated carbocycles. The van der Waals surface area contributed by atoms with E-state index in [9.17, 15) is 18.0 Å². The predicted molar refractivity (Wildman–Crippen MR) is 110 cm³/mol. The number of benzene rings is 1. The van der Waals surface area contributed by atoms with Gasteiger partial charge in [0, 0.05) is 24.8 Å². The first-order valence-electron chi connectivity index (χ1n) is 9.66. The summed E-state index contributed by atoms with van der Waals surface area (Å²) in [6.45, 7) is 10.9. The summed E-state index contributed by atoms with van der Waals surface area (Å²) in [4.78, 5) is 25.2. The van der Waals surface area contributed by atoms with Crippen LogP contribution < -0.4 is 15.5 Å². The van der Waals surface area contributed by atoms with Crippen LogP contribution in [0.15, 0.2) is 29.2 Å². The predicted octanol–water partition coefficient (Wildman–Crippen LogP) is 0.0850. The molecule has 28 heavy (non-hydrogen) atoms. The Kier molecular flexibility index (Phi) is 9.57. The Bertz CT molecular complexity index is 761. The summed E-state index contributed by atoms with van der Waals surface area (Å²) in [7, 11) is -3.59. The van der Waals surface area contributed by atoms with E-state index in [4.69, 9.17) is 0 Å². The minimum atomic E-state index is -3.59. The molecule has 0 aliphatic carbocycles. The Labute approximate surface area is 168 Å². The van der Waals surface area contributed by atoms with E-state index in [0.717, 1.165) is 4.90 Å². The van der Waals surface area contributed by atoms with Crippen LogP contribution in [0, 0.1) is 0 Å². The molecule has 8 nitrogen and oxygen atoms in total. The van der Waals surface area contributed by atoms with Crippen LogP contribution in [-0.4, -0.2) is 63.3 Å². The Balaban J connectivity index is 2.80. The summed E-state index contributed by atoms with van der Waals surface area (Å²) in [5.74, 6) is -0.376. The van der Waals surface area contributed by atoms with Crippen LogP contribution in [0.25, 0.3) is 0 Å². The number of rotatable bonds is 11. The first-order chi connectivity index (χ1) is 13.1. The summed E-state index contributed by atoms with van der Waals surface area (Å²) < 4.78 is 26.6. The van der Waals surface area contributed by atoms with Gasteiger partial charge in [-0.2, -0.15) is 4.31 Å². The molecule has 0 radical (unpaired) electrons. The lowest BCUT2D eigenvalue weighted by Gasteiger charge is -2.19. The van der Waals surface area contributed by atoms with Gasteiger partial charge in [0.15, 0.2) is 13.1 Å². The number of nitrogens with zero attached hydrogens (tertiary/aromatic N) is 1. The van der Waals surface area contributed by atoms with Crippen molar-refractivity contribution in [2.45, 2.75) is 45.6 Å². The average molecular weight is 414 g/mol. The lowest BCUT2D eigenvalue weighted by molar-refractivity contribution is -0.881.